The fraction of sp³-hybridized carbons (Fsp3) is 0.467. The molecule has 1 unspecified atom stereocenters. The van der Waals surface area contributed by atoms with Crippen molar-refractivity contribution in [1.29, 1.82) is 0 Å². The molecule has 0 aromatic carbocycles. The first-order chi connectivity index (χ1) is 9.90. The Kier molecular flexibility index (Phi) is 4.80. The van der Waals surface area contributed by atoms with Gasteiger partial charge in [0.1, 0.15) is 5.60 Å². The minimum atomic E-state index is -1.03. The van der Waals surface area contributed by atoms with Gasteiger partial charge in [0.25, 0.3) is 0 Å². The highest BCUT2D eigenvalue weighted by Gasteiger charge is 2.24. The number of rotatable bonds is 6. The van der Waals surface area contributed by atoms with Crippen LogP contribution in [0.5, 0.6) is 0 Å². The number of aryl methyl sites for hydroxylation is 2. The van der Waals surface area contributed by atoms with Gasteiger partial charge in [-0.15, -0.1) is 0 Å². The molecule has 0 saturated heterocycles. The summed E-state index contributed by atoms with van der Waals surface area (Å²) in [4.78, 5) is 11.9. The minimum absolute atomic E-state index is 0.0643. The van der Waals surface area contributed by atoms with Crippen molar-refractivity contribution in [2.24, 2.45) is 0 Å². The summed E-state index contributed by atoms with van der Waals surface area (Å²) < 4.78 is 0. The maximum atomic E-state index is 11.9. The summed E-state index contributed by atoms with van der Waals surface area (Å²) in [6, 6.07) is 1.87. The van der Waals surface area contributed by atoms with Crippen molar-refractivity contribution in [3.8, 4) is 0 Å². The summed E-state index contributed by atoms with van der Waals surface area (Å²) in [5, 5.41) is 24.0. The van der Waals surface area contributed by atoms with E-state index in [-0.39, 0.29) is 12.5 Å². The highest BCUT2D eigenvalue weighted by molar-refractivity contribution is 7.08. The molecule has 2 heterocycles. The first-order valence-electron chi connectivity index (χ1n) is 6.92. The van der Waals surface area contributed by atoms with E-state index in [4.69, 9.17) is 0 Å². The number of carbonyl (C=O) groups excluding carboxylic acids is 1. The van der Waals surface area contributed by atoms with Crippen LogP contribution in [0.15, 0.2) is 16.8 Å². The third-order valence-corrected chi connectivity index (χ3v) is 4.34. The number of nitrogens with zero attached hydrogens (tertiary/aromatic N) is 1. The number of amides is 1. The molecule has 114 valence electrons. The zero-order valence-electron chi connectivity index (χ0n) is 12.6. The van der Waals surface area contributed by atoms with Crippen molar-refractivity contribution in [1.82, 2.24) is 15.5 Å². The average molecular weight is 307 g/mol. The fourth-order valence-electron chi connectivity index (χ4n) is 2.21. The van der Waals surface area contributed by atoms with E-state index in [9.17, 15) is 9.90 Å². The lowest BCUT2D eigenvalue weighted by Gasteiger charge is -2.22. The molecular formula is C15H21N3O2S. The predicted molar refractivity (Wildman–Crippen MR) is 83.3 cm³/mol. The number of carbonyl (C=O) groups is 1. The van der Waals surface area contributed by atoms with Crippen LogP contribution in [-0.2, 0) is 16.8 Å². The molecule has 2 aromatic rings. The molecule has 0 fully saturated rings. The molecular weight excluding hydrogens is 286 g/mol. The van der Waals surface area contributed by atoms with Gasteiger partial charge in [-0.25, -0.2) is 0 Å². The normalized spacial score (nSPS) is 13.9. The summed E-state index contributed by atoms with van der Waals surface area (Å²) >= 11 is 1.53. The topological polar surface area (TPSA) is 78.0 Å². The van der Waals surface area contributed by atoms with Gasteiger partial charge in [-0.2, -0.15) is 16.4 Å². The highest BCUT2D eigenvalue weighted by Crippen LogP contribution is 2.22. The highest BCUT2D eigenvalue weighted by atomic mass is 32.1. The Morgan fingerprint density at radius 3 is 2.86 bits per heavy atom. The lowest BCUT2D eigenvalue weighted by molar-refractivity contribution is -0.122. The molecule has 1 atom stereocenters. The van der Waals surface area contributed by atoms with Gasteiger partial charge in [0.15, 0.2) is 0 Å². The van der Waals surface area contributed by atoms with E-state index in [1.54, 1.807) is 6.92 Å². The summed E-state index contributed by atoms with van der Waals surface area (Å²) in [5.74, 6) is -0.0643. The van der Waals surface area contributed by atoms with Gasteiger partial charge in [-0.1, -0.05) is 0 Å². The average Bonchev–Trinajstić information content (AvgIpc) is 3.06. The van der Waals surface area contributed by atoms with Crippen LogP contribution in [0.3, 0.4) is 0 Å². The molecule has 6 heteroatoms. The van der Waals surface area contributed by atoms with Crippen LogP contribution in [0.25, 0.3) is 0 Å². The lowest BCUT2D eigenvalue weighted by atomic mass is 9.99. The van der Waals surface area contributed by atoms with Crippen LogP contribution in [-0.4, -0.2) is 27.8 Å². The van der Waals surface area contributed by atoms with Crippen LogP contribution in [0.4, 0.5) is 0 Å². The number of H-pyrrole nitrogens is 1. The number of aliphatic hydroxyl groups is 1. The van der Waals surface area contributed by atoms with Crippen LogP contribution in [0.1, 0.15) is 35.9 Å². The molecule has 0 aliphatic carbocycles. The third-order valence-electron chi connectivity index (χ3n) is 3.66. The maximum absolute atomic E-state index is 11.9. The summed E-state index contributed by atoms with van der Waals surface area (Å²) in [6.45, 7) is 5.80. The Bertz CT molecular complexity index is 583. The Labute approximate surface area is 128 Å². The minimum Gasteiger partial charge on any atom is -0.384 e. The van der Waals surface area contributed by atoms with E-state index < -0.39 is 5.60 Å². The molecule has 0 radical (unpaired) electrons. The quantitative estimate of drug-likeness (QED) is 0.764. The Morgan fingerprint density at radius 2 is 2.29 bits per heavy atom. The lowest BCUT2D eigenvalue weighted by Crippen LogP contribution is -2.38. The summed E-state index contributed by atoms with van der Waals surface area (Å²) in [6.07, 6.45) is 1.04. The Hall–Kier alpha value is -1.66. The summed E-state index contributed by atoms with van der Waals surface area (Å²) in [7, 11) is 0. The number of hydrogen-bond acceptors (Lipinski definition) is 4. The molecule has 2 aromatic heterocycles. The second-order valence-corrected chi connectivity index (χ2v) is 6.26. The van der Waals surface area contributed by atoms with E-state index in [1.165, 1.54) is 11.3 Å². The van der Waals surface area contributed by atoms with Crippen molar-refractivity contribution >= 4 is 17.2 Å². The molecule has 0 aliphatic heterocycles. The van der Waals surface area contributed by atoms with E-state index in [2.05, 4.69) is 15.5 Å². The van der Waals surface area contributed by atoms with Crippen molar-refractivity contribution in [3.05, 3.63) is 39.3 Å². The molecule has 0 spiro atoms. The molecule has 0 bridgehead atoms. The fourth-order valence-corrected chi connectivity index (χ4v) is 3.00. The van der Waals surface area contributed by atoms with Crippen LogP contribution in [0.2, 0.25) is 0 Å². The first-order valence-corrected chi connectivity index (χ1v) is 7.86. The zero-order chi connectivity index (χ0) is 15.5. The molecule has 2 rings (SSSR count). The van der Waals surface area contributed by atoms with E-state index in [1.807, 2.05) is 30.7 Å². The number of aromatic nitrogens is 2. The van der Waals surface area contributed by atoms with Crippen molar-refractivity contribution in [3.63, 3.8) is 0 Å². The van der Waals surface area contributed by atoms with Gasteiger partial charge in [0.05, 0.1) is 12.2 Å². The largest absolute Gasteiger partial charge is 0.384 e. The van der Waals surface area contributed by atoms with Crippen LogP contribution in [0, 0.1) is 13.8 Å². The Balaban J connectivity index is 1.83. The van der Waals surface area contributed by atoms with Gasteiger partial charge >= 0.3 is 0 Å². The van der Waals surface area contributed by atoms with Gasteiger partial charge in [-0.05, 0) is 55.1 Å². The monoisotopic (exact) mass is 307 g/mol. The first kappa shape index (κ1) is 15.7. The predicted octanol–water partition coefficient (Wildman–Crippen LogP) is 2.04. The standard InChI is InChI=1S/C15H21N3O2S/c1-10-13(11(2)18-17-10)4-5-14(19)16-9-15(3,20)12-6-7-21-8-12/h6-8,20H,4-5,9H2,1-3H3,(H,16,19)(H,17,18). The number of hydrogen-bond donors (Lipinski definition) is 3. The number of nitrogens with one attached hydrogen (secondary N) is 2. The van der Waals surface area contributed by atoms with E-state index in [0.717, 1.165) is 22.5 Å². The summed E-state index contributed by atoms with van der Waals surface area (Å²) in [5.41, 5.74) is 2.83. The Morgan fingerprint density at radius 1 is 1.52 bits per heavy atom. The molecule has 0 saturated carbocycles. The molecule has 1 amide bonds. The van der Waals surface area contributed by atoms with Gasteiger partial charge < -0.3 is 10.4 Å². The second-order valence-electron chi connectivity index (χ2n) is 5.48. The number of aromatic amines is 1. The second kappa shape index (κ2) is 6.41. The molecule has 21 heavy (non-hydrogen) atoms. The van der Waals surface area contributed by atoms with E-state index >= 15 is 0 Å². The van der Waals surface area contributed by atoms with Crippen molar-refractivity contribution in [2.75, 3.05) is 6.54 Å². The SMILES string of the molecule is Cc1n[nH]c(C)c1CCC(=O)NCC(C)(O)c1ccsc1. The molecule has 5 nitrogen and oxygen atoms in total. The van der Waals surface area contributed by atoms with Crippen LogP contribution < -0.4 is 5.32 Å². The van der Waals surface area contributed by atoms with Gasteiger partial charge in [-0.3, -0.25) is 9.89 Å². The van der Waals surface area contributed by atoms with E-state index in [0.29, 0.717) is 12.8 Å². The number of thiophene rings is 1. The zero-order valence-corrected chi connectivity index (χ0v) is 13.4. The van der Waals surface area contributed by atoms with Crippen molar-refractivity contribution in [2.45, 2.75) is 39.2 Å². The smallest absolute Gasteiger partial charge is 0.220 e. The van der Waals surface area contributed by atoms with Gasteiger partial charge in [0.2, 0.25) is 5.91 Å². The van der Waals surface area contributed by atoms with Crippen LogP contribution >= 0.6 is 11.3 Å². The van der Waals surface area contributed by atoms with Crippen molar-refractivity contribution < 1.29 is 9.90 Å². The molecule has 3 N–H and O–H groups in total. The third kappa shape index (κ3) is 3.92. The maximum Gasteiger partial charge on any atom is 0.220 e. The van der Waals surface area contributed by atoms with Gasteiger partial charge in [0, 0.05) is 12.1 Å². The molecule has 0 aliphatic rings.